The van der Waals surface area contributed by atoms with E-state index in [0.717, 1.165) is 43.1 Å². The van der Waals surface area contributed by atoms with Crippen molar-refractivity contribution in [3.05, 3.63) is 29.3 Å². The average molecular weight is 405 g/mol. The zero-order valence-corrected chi connectivity index (χ0v) is 18.5. The van der Waals surface area contributed by atoms with Gasteiger partial charge in [-0.05, 0) is 36.9 Å². The van der Waals surface area contributed by atoms with E-state index in [1.807, 2.05) is 6.92 Å². The van der Waals surface area contributed by atoms with Gasteiger partial charge in [-0.15, -0.1) is 24.8 Å². The van der Waals surface area contributed by atoms with Crippen LogP contribution in [0, 0.1) is 0 Å². The van der Waals surface area contributed by atoms with Crippen molar-refractivity contribution in [3.8, 4) is 5.75 Å². The van der Waals surface area contributed by atoms with Crippen LogP contribution < -0.4 is 4.74 Å². The number of para-hydroxylation sites is 1. The molecule has 0 radical (unpaired) electrons. The fraction of sp³-hybridized carbons (Fsp3) is 0.650. The molecule has 1 aromatic rings. The lowest BCUT2D eigenvalue weighted by Crippen LogP contribution is -2.51. The predicted molar refractivity (Wildman–Crippen MR) is 113 cm³/mol. The number of halogens is 2. The molecule has 2 rings (SSSR count). The second kappa shape index (κ2) is 11.1. The first-order valence-electron chi connectivity index (χ1n) is 9.08. The lowest BCUT2D eigenvalue weighted by molar-refractivity contribution is -0.140. The Balaban J connectivity index is 0.00000312. The predicted octanol–water partition coefficient (Wildman–Crippen LogP) is 4.32. The lowest BCUT2D eigenvalue weighted by atomic mass is 9.94. The molecule has 1 heterocycles. The fourth-order valence-corrected chi connectivity index (χ4v) is 3.14. The minimum absolute atomic E-state index is 0. The number of rotatable bonds is 5. The smallest absolute Gasteiger partial charge is 0.328 e. The van der Waals surface area contributed by atoms with E-state index >= 15 is 0 Å². The number of hydrogen-bond donors (Lipinski definition) is 0. The number of piperazine rings is 1. The van der Waals surface area contributed by atoms with E-state index in [4.69, 9.17) is 4.74 Å². The summed E-state index contributed by atoms with van der Waals surface area (Å²) in [6, 6.07) is 5.99. The van der Waals surface area contributed by atoms with Crippen molar-refractivity contribution in [2.45, 2.75) is 52.5 Å². The number of nitrogens with zero attached hydrogens (tertiary/aromatic N) is 2. The highest BCUT2D eigenvalue weighted by Crippen LogP contribution is 2.34. The van der Waals surface area contributed by atoms with E-state index in [1.165, 1.54) is 0 Å². The van der Waals surface area contributed by atoms with E-state index in [0.29, 0.717) is 11.8 Å². The second-order valence-electron chi connectivity index (χ2n) is 7.51. The van der Waals surface area contributed by atoms with Crippen molar-refractivity contribution in [1.29, 1.82) is 0 Å². The zero-order valence-electron chi connectivity index (χ0n) is 16.8. The second-order valence-corrected chi connectivity index (χ2v) is 7.51. The van der Waals surface area contributed by atoms with E-state index in [1.54, 1.807) is 0 Å². The largest absolute Gasteiger partial charge is 0.425 e. The molecule has 26 heavy (non-hydrogen) atoms. The molecule has 0 aromatic heterocycles. The highest BCUT2D eigenvalue weighted by atomic mass is 35.5. The SMILES string of the molecule is CC(C)c1cccc(C(C)C)c1OC(=O)C(C)N1CCN(C)CC1.Cl.Cl. The molecule has 1 aliphatic rings. The van der Waals surface area contributed by atoms with E-state index < -0.39 is 0 Å². The van der Waals surface area contributed by atoms with Crippen LogP contribution in [0.25, 0.3) is 0 Å². The Kier molecular flexibility index (Phi) is 10.8. The molecule has 1 unspecified atom stereocenters. The van der Waals surface area contributed by atoms with E-state index in [-0.39, 0.29) is 36.8 Å². The van der Waals surface area contributed by atoms with Gasteiger partial charge in [-0.3, -0.25) is 4.90 Å². The third-order valence-corrected chi connectivity index (χ3v) is 4.95. The van der Waals surface area contributed by atoms with Crippen LogP contribution in [0.2, 0.25) is 0 Å². The molecule has 150 valence electrons. The van der Waals surface area contributed by atoms with Crippen molar-refractivity contribution in [1.82, 2.24) is 9.80 Å². The monoisotopic (exact) mass is 404 g/mol. The summed E-state index contributed by atoms with van der Waals surface area (Å²) < 4.78 is 5.95. The van der Waals surface area contributed by atoms with Crippen LogP contribution in [-0.4, -0.2) is 55.0 Å². The minimum Gasteiger partial charge on any atom is -0.425 e. The summed E-state index contributed by atoms with van der Waals surface area (Å²) in [5.74, 6) is 1.28. The zero-order chi connectivity index (χ0) is 17.9. The standard InChI is InChI=1S/C20H32N2O2.2ClH/c1-14(2)17-8-7-9-18(15(3)4)19(17)24-20(23)16(5)22-12-10-21(6)11-13-22;;/h7-9,14-16H,10-13H2,1-6H3;2*1H. The highest BCUT2D eigenvalue weighted by Gasteiger charge is 2.27. The average Bonchev–Trinajstić information content (AvgIpc) is 2.54. The molecule has 0 amide bonds. The normalized spacial score (nSPS) is 16.8. The van der Waals surface area contributed by atoms with Crippen molar-refractivity contribution in [2.75, 3.05) is 33.2 Å². The quantitative estimate of drug-likeness (QED) is 0.540. The first-order chi connectivity index (χ1) is 11.3. The molecule has 1 aliphatic heterocycles. The molecule has 1 atom stereocenters. The third kappa shape index (κ3) is 6.12. The molecule has 0 spiro atoms. The molecule has 6 heteroatoms. The van der Waals surface area contributed by atoms with Gasteiger partial charge in [0, 0.05) is 26.2 Å². The maximum absolute atomic E-state index is 12.8. The first kappa shape index (κ1) is 25.2. The summed E-state index contributed by atoms with van der Waals surface area (Å²) in [6.07, 6.45) is 0. The molecule has 1 aromatic carbocycles. The number of ether oxygens (including phenoxy) is 1. The topological polar surface area (TPSA) is 32.8 Å². The van der Waals surface area contributed by atoms with Crippen LogP contribution in [0.5, 0.6) is 5.75 Å². The van der Waals surface area contributed by atoms with E-state index in [2.05, 4.69) is 62.7 Å². The van der Waals surface area contributed by atoms with Gasteiger partial charge in [0.05, 0.1) is 0 Å². The Labute approximate surface area is 171 Å². The molecular weight excluding hydrogens is 371 g/mol. The van der Waals surface area contributed by atoms with Crippen molar-refractivity contribution >= 4 is 30.8 Å². The maximum Gasteiger partial charge on any atom is 0.328 e. The minimum atomic E-state index is -0.209. The molecular formula is C20H34Cl2N2O2. The number of benzene rings is 1. The van der Waals surface area contributed by atoms with Crippen LogP contribution >= 0.6 is 24.8 Å². The first-order valence-corrected chi connectivity index (χ1v) is 9.08. The van der Waals surface area contributed by atoms with Gasteiger partial charge >= 0.3 is 5.97 Å². The molecule has 0 saturated carbocycles. The van der Waals surface area contributed by atoms with Crippen LogP contribution in [-0.2, 0) is 4.79 Å². The van der Waals surface area contributed by atoms with Crippen molar-refractivity contribution < 1.29 is 9.53 Å². The van der Waals surface area contributed by atoms with Crippen LogP contribution in [0.15, 0.2) is 18.2 Å². The van der Waals surface area contributed by atoms with Crippen molar-refractivity contribution in [3.63, 3.8) is 0 Å². The van der Waals surface area contributed by atoms with Crippen LogP contribution in [0.1, 0.15) is 57.6 Å². The summed E-state index contributed by atoms with van der Waals surface area (Å²) in [7, 11) is 2.12. The fourth-order valence-electron chi connectivity index (χ4n) is 3.14. The Morgan fingerprint density at radius 2 is 1.38 bits per heavy atom. The van der Waals surface area contributed by atoms with Gasteiger partial charge in [-0.2, -0.15) is 0 Å². The maximum atomic E-state index is 12.8. The summed E-state index contributed by atoms with van der Waals surface area (Å²) in [4.78, 5) is 17.3. The van der Waals surface area contributed by atoms with Gasteiger partial charge < -0.3 is 9.64 Å². The highest BCUT2D eigenvalue weighted by molar-refractivity contribution is 5.85. The van der Waals surface area contributed by atoms with Gasteiger partial charge in [-0.1, -0.05) is 45.9 Å². The summed E-state index contributed by atoms with van der Waals surface area (Å²) in [6.45, 7) is 14.3. The molecule has 4 nitrogen and oxygen atoms in total. The van der Waals surface area contributed by atoms with Gasteiger partial charge in [0.2, 0.25) is 0 Å². The Morgan fingerprint density at radius 3 is 1.81 bits per heavy atom. The molecule has 0 N–H and O–H groups in total. The molecule has 0 aliphatic carbocycles. The van der Waals surface area contributed by atoms with Crippen LogP contribution in [0.4, 0.5) is 0 Å². The van der Waals surface area contributed by atoms with Crippen LogP contribution in [0.3, 0.4) is 0 Å². The van der Waals surface area contributed by atoms with Gasteiger partial charge in [0.25, 0.3) is 0 Å². The van der Waals surface area contributed by atoms with Gasteiger partial charge in [-0.25, -0.2) is 4.79 Å². The number of esters is 1. The number of carbonyl (C=O) groups excluding carboxylic acids is 1. The number of carbonyl (C=O) groups is 1. The van der Waals surface area contributed by atoms with E-state index in [9.17, 15) is 4.79 Å². The number of hydrogen-bond acceptors (Lipinski definition) is 4. The van der Waals surface area contributed by atoms with Gasteiger partial charge in [0.15, 0.2) is 0 Å². The molecule has 1 saturated heterocycles. The Bertz CT molecular complexity index is 545. The van der Waals surface area contributed by atoms with Crippen molar-refractivity contribution in [2.24, 2.45) is 0 Å². The van der Waals surface area contributed by atoms with Gasteiger partial charge in [0.1, 0.15) is 11.8 Å². The molecule has 0 bridgehead atoms. The number of likely N-dealkylation sites (N-methyl/N-ethyl adjacent to an activating group) is 1. The lowest BCUT2D eigenvalue weighted by Gasteiger charge is -2.35. The Hall–Kier alpha value is -0.810. The third-order valence-electron chi connectivity index (χ3n) is 4.95. The Morgan fingerprint density at radius 1 is 0.923 bits per heavy atom. The summed E-state index contributed by atoms with van der Waals surface area (Å²) >= 11 is 0. The molecule has 1 fully saturated rings. The summed E-state index contributed by atoms with van der Waals surface area (Å²) in [5, 5.41) is 0. The summed E-state index contributed by atoms with van der Waals surface area (Å²) in [5.41, 5.74) is 2.22.